The fourth-order valence-corrected chi connectivity index (χ4v) is 9.24. The molecule has 17 heteroatoms. The predicted octanol–water partition coefficient (Wildman–Crippen LogP) is 7.10. The average Bonchev–Trinajstić information content (AvgIpc) is 3.31. The Morgan fingerprint density at radius 2 is 1.11 bits per heavy atom. The molecule has 8 rings (SSSR count). The van der Waals surface area contributed by atoms with E-state index in [0.717, 1.165) is 54.1 Å². The molecule has 6 N–H and O–H groups in total. The third-order valence-electron chi connectivity index (χ3n) is 13.2. The molecule has 2 amide bonds. The lowest BCUT2D eigenvalue weighted by Gasteiger charge is -2.50. The van der Waals surface area contributed by atoms with Crippen LogP contribution in [0.5, 0.6) is 0 Å². The number of carbonyl (C=O) groups is 3. The van der Waals surface area contributed by atoms with Crippen molar-refractivity contribution in [1.29, 1.82) is 0 Å². The molecular weight excluding hydrogens is 857 g/mol. The first kappa shape index (κ1) is 49.7. The summed E-state index contributed by atoms with van der Waals surface area (Å²) in [4.78, 5) is 43.8. The van der Waals surface area contributed by atoms with Gasteiger partial charge in [0.2, 0.25) is 0 Å². The summed E-state index contributed by atoms with van der Waals surface area (Å²) in [7, 11) is 7.17. The highest BCUT2D eigenvalue weighted by Crippen LogP contribution is 2.43. The van der Waals surface area contributed by atoms with Crippen molar-refractivity contribution in [2.24, 2.45) is 5.73 Å². The van der Waals surface area contributed by atoms with Crippen LogP contribution in [-0.4, -0.2) is 114 Å². The average molecular weight is 919 g/mol. The van der Waals surface area contributed by atoms with Gasteiger partial charge >= 0.3 is 6.03 Å². The van der Waals surface area contributed by atoms with Crippen LogP contribution in [-0.2, 0) is 22.6 Å². The Kier molecular flexibility index (Phi) is 17.0. The normalized spacial score (nSPS) is 17.0. The minimum absolute atomic E-state index is 0.0599. The summed E-state index contributed by atoms with van der Waals surface area (Å²) in [5, 5.41) is 12.4. The van der Waals surface area contributed by atoms with Crippen LogP contribution < -0.4 is 36.8 Å². The number of Topliss-reactive ketones (excluding diaryl/α,β-unsaturated/α-hetero) is 2. The molecule has 0 atom stereocenters. The number of hydrogen-bond acceptors (Lipinski definition) is 11. The van der Waals surface area contributed by atoms with Crippen LogP contribution in [0.15, 0.2) is 72.8 Å². The quantitative estimate of drug-likeness (QED) is 0.0774. The second kappa shape index (κ2) is 22.6. The number of methoxy groups -OCH3 is 2. The first-order chi connectivity index (χ1) is 31.7. The van der Waals surface area contributed by atoms with Crippen LogP contribution in [0.1, 0.15) is 70.4 Å². The van der Waals surface area contributed by atoms with Crippen LogP contribution in [0.4, 0.5) is 45.1 Å². The molecule has 0 saturated carbocycles. The Balaban J connectivity index is 0.000000187. The molecule has 4 heterocycles. The molecule has 0 aromatic heterocycles. The monoisotopic (exact) mass is 918 g/mol. The van der Waals surface area contributed by atoms with Crippen molar-refractivity contribution >= 4 is 40.3 Å². The Hall–Kier alpha value is -5.75. The molecule has 4 aromatic carbocycles. The maximum Gasteiger partial charge on any atom is 0.317 e. The van der Waals surface area contributed by atoms with E-state index in [9.17, 15) is 31.9 Å². The van der Waals surface area contributed by atoms with Crippen molar-refractivity contribution < 1.29 is 41.4 Å². The number of halogens is 4. The van der Waals surface area contributed by atoms with E-state index in [1.807, 2.05) is 14.1 Å². The molecule has 0 radical (unpaired) electrons. The molecule has 66 heavy (non-hydrogen) atoms. The zero-order valence-electron chi connectivity index (χ0n) is 38.2. The first-order valence-corrected chi connectivity index (χ1v) is 22.3. The molecule has 4 aromatic rings. The SMILES string of the molecule is CN1c2ccc(F)cc2C(=O)CC12CCNCC2.COCCNc1cc(F)ccc1CN.COCCNc1cc(F)ccc1CNC(=O)N1CCC2(CC1)CC(=O)c1cc(F)ccc1N2C. The molecule has 356 valence electrons. The van der Waals surface area contributed by atoms with Crippen LogP contribution in [0.2, 0.25) is 0 Å². The van der Waals surface area contributed by atoms with Gasteiger partial charge in [-0.2, -0.15) is 0 Å². The molecule has 13 nitrogen and oxygen atoms in total. The van der Waals surface area contributed by atoms with E-state index in [1.165, 1.54) is 48.5 Å². The fraction of sp³-hybridized carbons (Fsp3) is 0.449. The Morgan fingerprint density at radius 1 is 0.667 bits per heavy atom. The number of nitrogens with one attached hydrogen (secondary N) is 4. The molecule has 4 aliphatic heterocycles. The van der Waals surface area contributed by atoms with E-state index in [1.54, 1.807) is 43.4 Å². The van der Waals surface area contributed by atoms with Crippen LogP contribution in [0.25, 0.3) is 0 Å². The summed E-state index contributed by atoms with van der Waals surface area (Å²) >= 11 is 0. The number of anilines is 4. The topological polar surface area (TPSA) is 154 Å². The number of nitrogens with two attached hydrogens (primary N) is 1. The molecule has 0 unspecified atom stereocenters. The number of benzene rings is 4. The number of nitrogens with zero attached hydrogens (tertiary/aromatic N) is 3. The molecule has 2 spiro atoms. The lowest BCUT2D eigenvalue weighted by molar-refractivity contribution is 0.0887. The second-order valence-electron chi connectivity index (χ2n) is 17.1. The van der Waals surface area contributed by atoms with Crippen molar-refractivity contribution in [3.05, 3.63) is 118 Å². The van der Waals surface area contributed by atoms with Gasteiger partial charge in [0.25, 0.3) is 0 Å². The van der Waals surface area contributed by atoms with E-state index >= 15 is 0 Å². The summed E-state index contributed by atoms with van der Waals surface area (Å²) in [5.74, 6) is -1.35. The lowest BCUT2D eigenvalue weighted by Crippen LogP contribution is -2.59. The number of ketones is 2. The maximum atomic E-state index is 13.7. The number of carbonyl (C=O) groups excluding carboxylic acids is 3. The summed E-state index contributed by atoms with van der Waals surface area (Å²) in [6.45, 7) is 5.77. The number of hydrogen-bond donors (Lipinski definition) is 5. The number of amides is 2. The van der Waals surface area contributed by atoms with Crippen molar-refractivity contribution in [2.45, 2.75) is 62.7 Å². The minimum Gasteiger partial charge on any atom is -0.383 e. The zero-order valence-corrected chi connectivity index (χ0v) is 38.2. The van der Waals surface area contributed by atoms with E-state index in [-0.39, 0.29) is 52.7 Å². The molecule has 4 aliphatic rings. The number of fused-ring (bicyclic) bond motifs is 2. The molecule has 2 saturated heterocycles. The van der Waals surface area contributed by atoms with E-state index in [4.69, 9.17) is 15.2 Å². The smallest absolute Gasteiger partial charge is 0.317 e. The molecular formula is C49H62F4N8O5. The minimum atomic E-state index is -0.416. The molecule has 0 aliphatic carbocycles. The van der Waals surface area contributed by atoms with Crippen molar-refractivity contribution in [1.82, 2.24) is 15.5 Å². The van der Waals surface area contributed by atoms with Crippen LogP contribution in [0, 0.1) is 23.3 Å². The van der Waals surface area contributed by atoms with Gasteiger partial charge < -0.3 is 51.2 Å². The third-order valence-corrected chi connectivity index (χ3v) is 13.2. The van der Waals surface area contributed by atoms with Crippen molar-refractivity contribution in [3.63, 3.8) is 0 Å². The highest BCUT2D eigenvalue weighted by atomic mass is 19.1. The van der Waals surface area contributed by atoms with Crippen LogP contribution >= 0.6 is 0 Å². The number of likely N-dealkylation sites (tertiary alicyclic amines) is 1. The summed E-state index contributed by atoms with van der Waals surface area (Å²) in [6, 6.07) is 17.6. The summed E-state index contributed by atoms with van der Waals surface area (Å²) in [5.41, 5.74) is 10.7. The third kappa shape index (κ3) is 11.8. The van der Waals surface area contributed by atoms with E-state index in [2.05, 4.69) is 31.1 Å². The lowest BCUT2D eigenvalue weighted by atomic mass is 9.77. The van der Waals surface area contributed by atoms with Gasteiger partial charge in [-0.3, -0.25) is 9.59 Å². The Morgan fingerprint density at radius 3 is 1.59 bits per heavy atom. The van der Waals surface area contributed by atoms with Gasteiger partial charge in [-0.05, 0) is 111 Å². The maximum absolute atomic E-state index is 13.7. The molecule has 0 bridgehead atoms. The van der Waals surface area contributed by atoms with E-state index < -0.39 is 5.82 Å². The van der Waals surface area contributed by atoms with Crippen molar-refractivity contribution in [3.8, 4) is 0 Å². The van der Waals surface area contributed by atoms with Crippen LogP contribution in [0.3, 0.4) is 0 Å². The van der Waals surface area contributed by atoms with E-state index in [0.29, 0.717) is 88.4 Å². The largest absolute Gasteiger partial charge is 0.383 e. The van der Waals surface area contributed by atoms with Gasteiger partial charge in [-0.25, -0.2) is 22.4 Å². The number of rotatable bonds is 11. The van der Waals surface area contributed by atoms with Gasteiger partial charge in [0.1, 0.15) is 23.3 Å². The second-order valence-corrected chi connectivity index (χ2v) is 17.1. The fourth-order valence-electron chi connectivity index (χ4n) is 9.24. The van der Waals surface area contributed by atoms with Crippen molar-refractivity contribution in [2.75, 3.05) is 101 Å². The Bertz CT molecular complexity index is 2320. The standard InChI is InChI=1S/C25H30F2N4O3.C14H17FN2O.C10H15FN2O/c1-30-22-6-5-18(26)13-20(22)23(32)15-25(30)7-10-31(11-8-25)24(33)29-16-17-3-4-19(27)14-21(17)28-9-12-34-2;1-17-12-3-2-10(15)8-11(12)13(18)9-14(17)4-6-16-7-5-14;1-14-5-4-13-10-6-9(11)3-2-8(10)7-12/h3-6,13-14,28H,7-12,15-16H2,1-2H3,(H,29,33);2-3,8,16H,4-7,9H2,1H3;2-3,6,13H,4-5,7,12H2,1H3. The molecule has 2 fully saturated rings. The first-order valence-electron chi connectivity index (χ1n) is 22.3. The van der Waals surface area contributed by atoms with Gasteiger partial charge in [0.05, 0.1) is 18.8 Å². The Labute approximate surface area is 384 Å². The summed E-state index contributed by atoms with van der Waals surface area (Å²) < 4.78 is 63.3. The van der Waals surface area contributed by atoms with Gasteiger partial charge in [0.15, 0.2) is 11.6 Å². The number of ether oxygens (including phenoxy) is 2. The van der Waals surface area contributed by atoms with Gasteiger partial charge in [0, 0.05) is 120 Å². The summed E-state index contributed by atoms with van der Waals surface area (Å²) in [6.07, 6.45) is 4.01. The van der Waals surface area contributed by atoms with Gasteiger partial charge in [-0.15, -0.1) is 0 Å². The number of urea groups is 1. The predicted molar refractivity (Wildman–Crippen MR) is 250 cm³/mol. The van der Waals surface area contributed by atoms with Gasteiger partial charge in [-0.1, -0.05) is 12.1 Å². The highest BCUT2D eigenvalue weighted by molar-refractivity contribution is 6.05. The zero-order chi connectivity index (χ0) is 47.4. The highest BCUT2D eigenvalue weighted by Gasteiger charge is 2.46. The number of piperidine rings is 2.